The van der Waals surface area contributed by atoms with Gasteiger partial charge >= 0.3 is 0 Å². The molecule has 1 saturated heterocycles. The Morgan fingerprint density at radius 1 is 0.857 bits per heavy atom. The molecule has 0 spiro atoms. The van der Waals surface area contributed by atoms with Gasteiger partial charge in [0.2, 0.25) is 11.8 Å². The maximum Gasteiger partial charge on any atom is 0.238 e. The molecule has 0 radical (unpaired) electrons. The molecule has 35 heavy (non-hydrogen) atoms. The lowest BCUT2D eigenvalue weighted by molar-refractivity contribution is -0.124. The fraction of sp³-hybridized carbons (Fsp3) is 0.233. The molecule has 174 valence electrons. The third-order valence-corrected chi connectivity index (χ3v) is 7.51. The van der Waals surface area contributed by atoms with Crippen molar-refractivity contribution in [3.05, 3.63) is 102 Å². The molecule has 5 heteroatoms. The topological polar surface area (TPSA) is 63.7 Å². The van der Waals surface area contributed by atoms with Crippen LogP contribution in [0.2, 0.25) is 0 Å². The van der Waals surface area contributed by atoms with Crippen LogP contribution in [0, 0.1) is 17.8 Å². The molecule has 6 rings (SSSR count). The van der Waals surface area contributed by atoms with E-state index in [9.17, 15) is 14.4 Å². The summed E-state index contributed by atoms with van der Waals surface area (Å²) < 4.78 is 6.35. The average molecular weight is 464 g/mol. The van der Waals surface area contributed by atoms with E-state index in [4.69, 9.17) is 4.74 Å². The molecule has 2 aliphatic heterocycles. The number of para-hydroxylation sites is 1. The van der Waals surface area contributed by atoms with Crippen LogP contribution >= 0.6 is 0 Å². The molecule has 2 amide bonds. The molecular formula is C30H25NO4. The quantitative estimate of drug-likeness (QED) is 0.391. The number of amides is 2. The number of rotatable bonds is 3. The van der Waals surface area contributed by atoms with Crippen molar-refractivity contribution in [2.24, 2.45) is 17.8 Å². The van der Waals surface area contributed by atoms with E-state index in [1.165, 1.54) is 4.90 Å². The van der Waals surface area contributed by atoms with E-state index < -0.39 is 17.4 Å². The first-order valence-corrected chi connectivity index (χ1v) is 11.9. The van der Waals surface area contributed by atoms with Crippen molar-refractivity contribution < 1.29 is 19.1 Å². The lowest BCUT2D eigenvalue weighted by Crippen LogP contribution is -2.49. The standard InChI is InChI=1S/C30H25NO4/c1-30(2)26-22(21-10-6-7-11-24(21)35-30)16-17-23-25(26)29(34)31(28(23)33)20-14-12-19(13-15-20)27(32)18-8-4-3-5-9-18/h3-16,23,25-26H,17H2,1-2H3/t23-,25-,26+/m0/s1. The van der Waals surface area contributed by atoms with Gasteiger partial charge in [0, 0.05) is 22.6 Å². The molecule has 0 unspecified atom stereocenters. The zero-order valence-corrected chi connectivity index (χ0v) is 19.6. The molecule has 1 fully saturated rings. The SMILES string of the molecule is CC1(C)Oc2ccccc2C2=CC[C@@H]3C(=O)N(c4ccc(C(=O)c5ccccc5)cc4)C(=O)[C@@H]3[C@@H]21. The number of nitrogens with zero attached hydrogens (tertiary/aromatic N) is 1. The highest BCUT2D eigenvalue weighted by atomic mass is 16.5. The van der Waals surface area contributed by atoms with Crippen molar-refractivity contribution in [2.45, 2.75) is 25.9 Å². The van der Waals surface area contributed by atoms with Gasteiger partial charge in [-0.05, 0) is 56.2 Å². The first-order valence-electron chi connectivity index (χ1n) is 11.9. The molecule has 0 bridgehead atoms. The minimum Gasteiger partial charge on any atom is -0.487 e. The van der Waals surface area contributed by atoms with Gasteiger partial charge in [0.15, 0.2) is 5.78 Å². The van der Waals surface area contributed by atoms with Crippen molar-refractivity contribution in [3.8, 4) is 5.75 Å². The summed E-state index contributed by atoms with van der Waals surface area (Å²) >= 11 is 0. The van der Waals surface area contributed by atoms with Crippen molar-refractivity contribution in [2.75, 3.05) is 4.90 Å². The molecule has 0 aromatic heterocycles. The fourth-order valence-corrected chi connectivity index (χ4v) is 5.94. The van der Waals surface area contributed by atoms with Crippen LogP contribution in [0.15, 0.2) is 84.9 Å². The van der Waals surface area contributed by atoms with Crippen LogP contribution < -0.4 is 9.64 Å². The van der Waals surface area contributed by atoms with Crippen molar-refractivity contribution in [1.82, 2.24) is 0 Å². The normalized spacial score (nSPS) is 24.1. The number of ketones is 1. The van der Waals surface area contributed by atoms with E-state index in [0.29, 0.717) is 23.2 Å². The second-order valence-electron chi connectivity index (χ2n) is 9.96. The summed E-state index contributed by atoms with van der Waals surface area (Å²) in [6, 6.07) is 23.7. The van der Waals surface area contributed by atoms with Crippen LogP contribution in [0.4, 0.5) is 5.69 Å². The van der Waals surface area contributed by atoms with Gasteiger partial charge in [-0.15, -0.1) is 0 Å². The monoisotopic (exact) mass is 463 g/mol. The van der Waals surface area contributed by atoms with Gasteiger partial charge in [0.1, 0.15) is 11.4 Å². The number of benzene rings is 3. The predicted molar refractivity (Wildman–Crippen MR) is 133 cm³/mol. The van der Waals surface area contributed by atoms with Gasteiger partial charge in [0.05, 0.1) is 17.5 Å². The molecule has 3 aliphatic rings. The highest BCUT2D eigenvalue weighted by Crippen LogP contribution is 2.55. The van der Waals surface area contributed by atoms with Gasteiger partial charge in [0.25, 0.3) is 0 Å². The Bertz CT molecular complexity index is 1390. The number of carbonyl (C=O) groups is 3. The number of anilines is 1. The van der Waals surface area contributed by atoms with E-state index in [2.05, 4.69) is 6.08 Å². The Hall–Kier alpha value is -3.99. The number of carbonyl (C=O) groups excluding carboxylic acids is 3. The Labute approximate surface area is 204 Å². The van der Waals surface area contributed by atoms with Gasteiger partial charge in [-0.1, -0.05) is 54.6 Å². The number of allylic oxidation sites excluding steroid dienone is 1. The summed E-state index contributed by atoms with van der Waals surface area (Å²) in [7, 11) is 0. The van der Waals surface area contributed by atoms with Crippen LogP contribution in [0.3, 0.4) is 0 Å². The summed E-state index contributed by atoms with van der Waals surface area (Å²) in [4.78, 5) is 41.4. The molecule has 0 N–H and O–H groups in total. The van der Waals surface area contributed by atoms with Crippen molar-refractivity contribution >= 4 is 28.9 Å². The third-order valence-electron chi connectivity index (χ3n) is 7.51. The highest BCUT2D eigenvalue weighted by Gasteiger charge is 2.59. The maximum absolute atomic E-state index is 13.8. The number of imide groups is 1. The second kappa shape index (κ2) is 7.77. The second-order valence-corrected chi connectivity index (χ2v) is 9.96. The number of ether oxygens (including phenoxy) is 1. The first kappa shape index (κ1) is 21.5. The molecule has 5 nitrogen and oxygen atoms in total. The van der Waals surface area contributed by atoms with Gasteiger partial charge in [-0.25, -0.2) is 0 Å². The van der Waals surface area contributed by atoms with Crippen LogP contribution in [-0.4, -0.2) is 23.2 Å². The molecular weight excluding hydrogens is 438 g/mol. The summed E-state index contributed by atoms with van der Waals surface area (Å²) in [5, 5.41) is 0. The number of hydrogen-bond acceptors (Lipinski definition) is 4. The van der Waals surface area contributed by atoms with Crippen molar-refractivity contribution in [1.29, 1.82) is 0 Å². The third kappa shape index (κ3) is 3.26. The first-order chi connectivity index (χ1) is 16.9. The summed E-state index contributed by atoms with van der Waals surface area (Å²) in [5.74, 6) is -0.812. The van der Waals surface area contributed by atoms with Gasteiger partial charge in [-0.3, -0.25) is 19.3 Å². The number of fused-ring (bicyclic) bond motifs is 5. The lowest BCUT2D eigenvalue weighted by Gasteiger charge is -2.46. The summed E-state index contributed by atoms with van der Waals surface area (Å²) in [6.07, 6.45) is 2.64. The van der Waals surface area contributed by atoms with Crippen molar-refractivity contribution in [3.63, 3.8) is 0 Å². The molecule has 1 aliphatic carbocycles. The summed E-state index contributed by atoms with van der Waals surface area (Å²) in [5.41, 5.74) is 3.05. The fourth-order valence-electron chi connectivity index (χ4n) is 5.94. The zero-order valence-electron chi connectivity index (χ0n) is 19.6. The van der Waals surface area contributed by atoms with Crippen LogP contribution in [0.25, 0.3) is 5.57 Å². The van der Waals surface area contributed by atoms with E-state index in [0.717, 1.165) is 16.9 Å². The Morgan fingerprint density at radius 2 is 1.51 bits per heavy atom. The Kier molecular flexibility index (Phi) is 4.78. The zero-order chi connectivity index (χ0) is 24.3. The molecule has 3 aromatic carbocycles. The molecule has 3 aromatic rings. The Balaban J connectivity index is 1.33. The molecule has 2 heterocycles. The molecule has 0 saturated carbocycles. The lowest BCUT2D eigenvalue weighted by atomic mass is 9.64. The minimum atomic E-state index is -0.637. The average Bonchev–Trinajstić information content (AvgIpc) is 3.13. The maximum atomic E-state index is 13.8. The Morgan fingerprint density at radius 3 is 2.26 bits per heavy atom. The van der Waals surface area contributed by atoms with Crippen LogP contribution in [0.1, 0.15) is 41.8 Å². The van der Waals surface area contributed by atoms with E-state index in [1.54, 1.807) is 36.4 Å². The van der Waals surface area contributed by atoms with E-state index in [-0.39, 0.29) is 23.5 Å². The number of hydrogen-bond donors (Lipinski definition) is 0. The van der Waals surface area contributed by atoms with E-state index >= 15 is 0 Å². The molecule has 3 atom stereocenters. The van der Waals surface area contributed by atoms with Gasteiger partial charge in [-0.2, -0.15) is 0 Å². The van der Waals surface area contributed by atoms with E-state index in [1.807, 2.05) is 56.3 Å². The van der Waals surface area contributed by atoms with Crippen LogP contribution in [-0.2, 0) is 9.59 Å². The summed E-state index contributed by atoms with van der Waals surface area (Å²) in [6.45, 7) is 3.99. The van der Waals surface area contributed by atoms with Crippen LogP contribution in [0.5, 0.6) is 5.75 Å². The minimum absolute atomic E-state index is 0.0986. The van der Waals surface area contributed by atoms with Gasteiger partial charge < -0.3 is 4.74 Å². The largest absolute Gasteiger partial charge is 0.487 e. The highest BCUT2D eigenvalue weighted by molar-refractivity contribution is 6.23. The predicted octanol–water partition coefficient (Wildman–Crippen LogP) is 5.30. The smallest absolute Gasteiger partial charge is 0.238 e.